The molecule has 0 aromatic rings. The van der Waals surface area contributed by atoms with E-state index in [2.05, 4.69) is 59.3 Å². The summed E-state index contributed by atoms with van der Waals surface area (Å²) in [5.41, 5.74) is 0. The molecule has 0 amide bonds. The number of quaternary nitrogens is 1. The summed E-state index contributed by atoms with van der Waals surface area (Å²) >= 11 is 0. The van der Waals surface area contributed by atoms with Gasteiger partial charge in [0, 0.05) is 19.3 Å². The third-order valence-corrected chi connectivity index (χ3v) is 9.10. The molecule has 0 aliphatic carbocycles. The van der Waals surface area contributed by atoms with Gasteiger partial charge < -0.3 is 4.48 Å². The molecule has 264 valence electrons. The lowest BCUT2D eigenvalue weighted by Gasteiger charge is -2.28. The first-order valence-corrected chi connectivity index (χ1v) is 19.9. The van der Waals surface area contributed by atoms with E-state index >= 15 is 0 Å². The van der Waals surface area contributed by atoms with Crippen LogP contribution in [0, 0.1) is 5.92 Å². The second-order valence-corrected chi connectivity index (χ2v) is 15.0. The van der Waals surface area contributed by atoms with Crippen LogP contribution in [0.1, 0.15) is 200 Å². The van der Waals surface area contributed by atoms with Gasteiger partial charge in [0.05, 0.1) is 33.6 Å². The SMILES string of the molecule is CCCCCCCC/C=C\CCCCCCCC(=O)C[C@@H](C[N+](C)(C)C)C(=O)CCCCCCC/C=C\CCCCCCCC. The molecule has 0 aromatic heterocycles. The lowest BCUT2D eigenvalue weighted by atomic mass is 9.91. The largest absolute Gasteiger partial charge is 0.330 e. The smallest absolute Gasteiger partial charge is 0.142 e. The summed E-state index contributed by atoms with van der Waals surface area (Å²) in [4.78, 5) is 25.9. The fourth-order valence-electron chi connectivity index (χ4n) is 6.29. The highest BCUT2D eigenvalue weighted by atomic mass is 16.1. The van der Waals surface area contributed by atoms with E-state index in [0.29, 0.717) is 30.8 Å². The molecule has 0 heterocycles. The van der Waals surface area contributed by atoms with Crippen molar-refractivity contribution in [3.63, 3.8) is 0 Å². The standard InChI is InChI=1S/C42H80NO2/c1-6-8-10-12-14-16-18-20-22-24-26-28-30-32-34-36-41(44)38-40(39-43(3,4)5)42(45)37-35-33-31-29-27-25-23-21-19-17-15-13-11-9-7-2/h20-23,40H,6-19,24-39H2,1-5H3/q+1/b22-20-,23-21-/t40-/m0/s1. The van der Waals surface area contributed by atoms with Gasteiger partial charge in [-0.15, -0.1) is 0 Å². The van der Waals surface area contributed by atoms with Gasteiger partial charge in [0.1, 0.15) is 11.6 Å². The van der Waals surface area contributed by atoms with Crippen LogP contribution in [0.3, 0.4) is 0 Å². The molecule has 0 N–H and O–H groups in total. The summed E-state index contributed by atoms with van der Waals surface area (Å²) in [6, 6.07) is 0. The van der Waals surface area contributed by atoms with Gasteiger partial charge in [0.15, 0.2) is 0 Å². The van der Waals surface area contributed by atoms with Crippen LogP contribution < -0.4 is 0 Å². The zero-order valence-electron chi connectivity index (χ0n) is 31.4. The number of unbranched alkanes of at least 4 members (excludes halogenated alkanes) is 22. The minimum atomic E-state index is -0.114. The minimum absolute atomic E-state index is 0.114. The number of carbonyl (C=O) groups is 2. The van der Waals surface area contributed by atoms with E-state index in [1.807, 2.05) is 0 Å². The third kappa shape index (κ3) is 33.9. The summed E-state index contributed by atoms with van der Waals surface area (Å²) in [6.45, 7) is 5.31. The average molecular weight is 631 g/mol. The van der Waals surface area contributed by atoms with Gasteiger partial charge in [-0.05, 0) is 64.2 Å². The Morgan fingerprint density at radius 2 is 0.800 bits per heavy atom. The summed E-state index contributed by atoms with van der Waals surface area (Å²) in [6.07, 6.45) is 44.3. The van der Waals surface area contributed by atoms with Crippen LogP contribution in [-0.4, -0.2) is 43.7 Å². The fraction of sp³-hybridized carbons (Fsp3) is 0.857. The maximum atomic E-state index is 13.1. The summed E-state index contributed by atoms with van der Waals surface area (Å²) in [5.74, 6) is 0.500. The van der Waals surface area contributed by atoms with Crippen LogP contribution in [0.15, 0.2) is 24.3 Å². The zero-order valence-corrected chi connectivity index (χ0v) is 31.4. The highest BCUT2D eigenvalue weighted by molar-refractivity contribution is 5.88. The quantitative estimate of drug-likeness (QED) is 0.0396. The van der Waals surface area contributed by atoms with Gasteiger partial charge in [0.25, 0.3) is 0 Å². The van der Waals surface area contributed by atoms with Crippen LogP contribution in [0.5, 0.6) is 0 Å². The number of ketones is 2. The number of allylic oxidation sites excluding steroid dienone is 4. The molecule has 0 aliphatic heterocycles. The maximum Gasteiger partial charge on any atom is 0.142 e. The molecule has 0 unspecified atom stereocenters. The van der Waals surface area contributed by atoms with E-state index in [1.54, 1.807) is 0 Å². The van der Waals surface area contributed by atoms with E-state index in [1.165, 1.54) is 141 Å². The molecule has 3 nitrogen and oxygen atoms in total. The molecule has 3 heteroatoms. The Morgan fingerprint density at radius 3 is 1.18 bits per heavy atom. The van der Waals surface area contributed by atoms with Crippen molar-refractivity contribution < 1.29 is 14.1 Å². The van der Waals surface area contributed by atoms with Gasteiger partial charge in [-0.3, -0.25) is 9.59 Å². The van der Waals surface area contributed by atoms with E-state index < -0.39 is 0 Å². The highest BCUT2D eigenvalue weighted by Crippen LogP contribution is 2.18. The Kier molecular flexibility index (Phi) is 31.8. The number of rotatable bonds is 35. The molecule has 0 aromatic carbocycles. The Balaban J connectivity index is 3.94. The predicted octanol–water partition coefficient (Wildman–Crippen LogP) is 12.9. The van der Waals surface area contributed by atoms with Crippen molar-refractivity contribution in [2.75, 3.05) is 27.7 Å². The van der Waals surface area contributed by atoms with Crippen molar-refractivity contribution in [3.05, 3.63) is 24.3 Å². The molecule has 0 radical (unpaired) electrons. The topological polar surface area (TPSA) is 34.1 Å². The normalized spacial score (nSPS) is 12.9. The molecular weight excluding hydrogens is 550 g/mol. The number of hydrogen-bond acceptors (Lipinski definition) is 2. The van der Waals surface area contributed by atoms with Crippen molar-refractivity contribution in [2.24, 2.45) is 5.92 Å². The Labute approximate surface area is 283 Å². The molecule has 0 bridgehead atoms. The van der Waals surface area contributed by atoms with Crippen molar-refractivity contribution >= 4 is 11.6 Å². The predicted molar refractivity (Wildman–Crippen MR) is 200 cm³/mol. The molecule has 0 aliphatic rings. The Morgan fingerprint density at radius 1 is 0.467 bits per heavy atom. The highest BCUT2D eigenvalue weighted by Gasteiger charge is 2.27. The van der Waals surface area contributed by atoms with Crippen LogP contribution >= 0.6 is 0 Å². The van der Waals surface area contributed by atoms with Crippen molar-refractivity contribution in [1.29, 1.82) is 0 Å². The summed E-state index contributed by atoms with van der Waals surface area (Å²) < 4.78 is 0.740. The van der Waals surface area contributed by atoms with Crippen molar-refractivity contribution in [1.82, 2.24) is 0 Å². The second kappa shape index (κ2) is 32.7. The minimum Gasteiger partial charge on any atom is -0.330 e. The van der Waals surface area contributed by atoms with E-state index in [-0.39, 0.29) is 5.92 Å². The average Bonchev–Trinajstić information content (AvgIpc) is 3.00. The molecule has 45 heavy (non-hydrogen) atoms. The van der Waals surface area contributed by atoms with Crippen molar-refractivity contribution in [3.8, 4) is 0 Å². The number of nitrogens with zero attached hydrogens (tertiary/aromatic N) is 1. The monoisotopic (exact) mass is 631 g/mol. The number of hydrogen-bond donors (Lipinski definition) is 0. The second-order valence-electron chi connectivity index (χ2n) is 15.0. The zero-order chi connectivity index (χ0) is 33.3. The Hall–Kier alpha value is -1.22. The van der Waals surface area contributed by atoms with Crippen LogP contribution in [0.4, 0.5) is 0 Å². The van der Waals surface area contributed by atoms with Crippen LogP contribution in [0.2, 0.25) is 0 Å². The van der Waals surface area contributed by atoms with Gasteiger partial charge in [-0.25, -0.2) is 0 Å². The first-order chi connectivity index (χ1) is 21.8. The fourth-order valence-corrected chi connectivity index (χ4v) is 6.29. The molecule has 0 fully saturated rings. The lowest BCUT2D eigenvalue weighted by molar-refractivity contribution is -0.872. The number of Topliss-reactive ketones (excluding diaryl/α,β-unsaturated/α-hetero) is 2. The van der Waals surface area contributed by atoms with Crippen molar-refractivity contribution in [2.45, 2.75) is 200 Å². The van der Waals surface area contributed by atoms with Gasteiger partial charge in [-0.2, -0.15) is 0 Å². The first-order valence-electron chi connectivity index (χ1n) is 19.9. The van der Waals surface area contributed by atoms with E-state index in [4.69, 9.17) is 0 Å². The summed E-state index contributed by atoms with van der Waals surface area (Å²) in [7, 11) is 6.41. The van der Waals surface area contributed by atoms with Gasteiger partial charge >= 0.3 is 0 Å². The third-order valence-electron chi connectivity index (χ3n) is 9.10. The maximum absolute atomic E-state index is 13.1. The molecule has 1 atom stereocenters. The molecule has 0 spiro atoms. The molecule has 0 rings (SSSR count). The molecule has 0 saturated heterocycles. The summed E-state index contributed by atoms with van der Waals surface area (Å²) in [5, 5.41) is 0. The Bertz CT molecular complexity index is 717. The number of carbonyl (C=O) groups excluding carboxylic acids is 2. The lowest BCUT2D eigenvalue weighted by Crippen LogP contribution is -2.42. The molecule has 0 saturated carbocycles. The van der Waals surface area contributed by atoms with Crippen LogP contribution in [-0.2, 0) is 9.59 Å². The van der Waals surface area contributed by atoms with E-state index in [9.17, 15) is 9.59 Å². The van der Waals surface area contributed by atoms with E-state index in [0.717, 1.165) is 36.7 Å². The van der Waals surface area contributed by atoms with Crippen LogP contribution in [0.25, 0.3) is 0 Å². The van der Waals surface area contributed by atoms with Gasteiger partial charge in [-0.1, -0.05) is 141 Å². The van der Waals surface area contributed by atoms with Gasteiger partial charge in [0.2, 0.25) is 0 Å². The molecular formula is C42H80NO2+. The first kappa shape index (κ1) is 43.8.